The van der Waals surface area contributed by atoms with Crippen molar-refractivity contribution in [1.82, 2.24) is 31.9 Å². The highest BCUT2D eigenvalue weighted by atomic mass is 16.6. The molecule has 0 saturated heterocycles. The van der Waals surface area contributed by atoms with E-state index in [0.717, 1.165) is 63.5 Å². The molecule has 0 radical (unpaired) electrons. The van der Waals surface area contributed by atoms with Crippen molar-refractivity contribution in [3.63, 3.8) is 0 Å². The summed E-state index contributed by atoms with van der Waals surface area (Å²) < 4.78 is 32.6. The number of esters is 6. The minimum atomic E-state index is -1.32. The van der Waals surface area contributed by atoms with Crippen molar-refractivity contribution in [3.05, 3.63) is 12.2 Å². The molecule has 6 N–H and O–H groups in total. The highest BCUT2D eigenvalue weighted by Gasteiger charge is 2.39. The second-order valence-corrected chi connectivity index (χ2v) is 27.7. The fraction of sp³-hybridized carbons (Fsp3) is 0.806. The number of likely N-dealkylation sites (N-methyl/N-ethyl adjacent to an activating group) is 3. The summed E-state index contributed by atoms with van der Waals surface area (Å²) in [6, 6.07) is -3.86. The summed E-state index contributed by atoms with van der Waals surface area (Å²) in [7, 11) is 5.23. The number of nitrogens with one attached hydrogen (secondary N) is 6. The van der Waals surface area contributed by atoms with Crippen LogP contribution in [0.3, 0.4) is 0 Å². The van der Waals surface area contributed by atoms with Crippen LogP contribution in [-0.2, 0) is 86.0 Å². The number of carbonyl (C=O) groups is 12. The Morgan fingerprint density at radius 3 is 0.698 bits per heavy atom. The van der Waals surface area contributed by atoms with Crippen molar-refractivity contribution in [3.8, 4) is 0 Å². The summed E-state index contributed by atoms with van der Waals surface area (Å²) in [6.45, 7) is 29.1. The number of hydrogen-bond donors (Lipinski definition) is 6. The first-order chi connectivity index (χ1) is 45.2. The van der Waals surface area contributed by atoms with Crippen LogP contribution in [0.1, 0.15) is 232 Å². The van der Waals surface area contributed by atoms with E-state index < -0.39 is 77.2 Å². The van der Waals surface area contributed by atoms with Crippen molar-refractivity contribution in [1.29, 1.82) is 0 Å². The molecule has 96 heavy (non-hydrogen) atoms. The number of carbonyl (C=O) groups excluding carboxylic acids is 12. The average Bonchev–Trinajstić information content (AvgIpc) is 0.861. The highest BCUT2D eigenvalue weighted by Crippen LogP contribution is 2.24. The Hall–Kier alpha value is -6.14. The van der Waals surface area contributed by atoms with Crippen LogP contribution in [0.5, 0.6) is 0 Å². The lowest BCUT2D eigenvalue weighted by molar-refractivity contribution is -0.151. The number of ether oxygens (including phenoxy) is 6. The second-order valence-electron chi connectivity index (χ2n) is 27.7. The van der Waals surface area contributed by atoms with Gasteiger partial charge in [-0.05, 0) is 199 Å². The molecule has 0 aromatic heterocycles. The Labute approximate surface area is 575 Å². The first-order valence-electron chi connectivity index (χ1n) is 35.3. The quantitative estimate of drug-likeness (QED) is 0.0143. The first-order valence-corrected chi connectivity index (χ1v) is 35.3. The van der Waals surface area contributed by atoms with Crippen LogP contribution < -0.4 is 31.9 Å². The summed E-state index contributed by atoms with van der Waals surface area (Å²) in [6.07, 6.45) is 13.1. The fourth-order valence-corrected chi connectivity index (χ4v) is 10.2. The van der Waals surface area contributed by atoms with E-state index in [9.17, 15) is 57.5 Å². The van der Waals surface area contributed by atoms with Crippen molar-refractivity contribution in [2.75, 3.05) is 60.8 Å². The van der Waals surface area contributed by atoms with Gasteiger partial charge in [0.15, 0.2) is 5.78 Å². The minimum absolute atomic E-state index is 0.0375. The van der Waals surface area contributed by atoms with Gasteiger partial charge in [0.1, 0.15) is 47.8 Å². The van der Waals surface area contributed by atoms with E-state index in [0.29, 0.717) is 88.9 Å². The maximum absolute atomic E-state index is 14.0. The lowest BCUT2D eigenvalue weighted by Gasteiger charge is -2.28. The van der Waals surface area contributed by atoms with Crippen LogP contribution in [-0.4, -0.2) is 168 Å². The zero-order valence-electron chi connectivity index (χ0n) is 62.0. The molecular formula is C72H128N6O18. The SMILES string of the molecule is CNC(CC(C)C)C(=O)OCCCCCCOC(=O)C(CC(C)C)NC(=O)/C=C/C(C)=O.CNC(CC(C)C)C(=O)OCCCCCCOC(=O)C(CC(C)C)NC(=O)C(CC(C)=O)C(CC(C)=O)C(=O)NC(CC(C)C)C(=O)OCCCCCCOC(=O)C(CC(C)C)NC. The van der Waals surface area contributed by atoms with Gasteiger partial charge in [0.05, 0.1) is 51.5 Å². The molecule has 0 aromatic carbocycles. The number of ketones is 3. The van der Waals surface area contributed by atoms with Gasteiger partial charge >= 0.3 is 35.8 Å². The third-order valence-corrected chi connectivity index (χ3v) is 15.2. The number of Topliss-reactive ketones (excluding diaryl/α,β-unsaturated/α-hetero) is 2. The van der Waals surface area contributed by atoms with Gasteiger partial charge in [-0.3, -0.25) is 33.6 Å². The predicted molar refractivity (Wildman–Crippen MR) is 370 cm³/mol. The van der Waals surface area contributed by atoms with Crippen molar-refractivity contribution in [2.45, 2.75) is 269 Å². The Bertz CT molecular complexity index is 2220. The zero-order chi connectivity index (χ0) is 73.3. The Morgan fingerprint density at radius 2 is 0.500 bits per heavy atom. The molecule has 24 nitrogen and oxygen atoms in total. The number of amides is 3. The van der Waals surface area contributed by atoms with Crippen LogP contribution in [0.2, 0.25) is 0 Å². The van der Waals surface area contributed by atoms with Crippen molar-refractivity contribution in [2.24, 2.45) is 47.3 Å². The molecule has 0 bridgehead atoms. The smallest absolute Gasteiger partial charge is 0.328 e. The highest BCUT2D eigenvalue weighted by molar-refractivity contribution is 5.98. The van der Waals surface area contributed by atoms with Gasteiger partial charge in [0.2, 0.25) is 17.7 Å². The summed E-state index contributed by atoms with van der Waals surface area (Å²) in [5, 5.41) is 17.0. The van der Waals surface area contributed by atoms with Gasteiger partial charge in [0.25, 0.3) is 0 Å². The predicted octanol–water partition coefficient (Wildman–Crippen LogP) is 8.74. The average molecular weight is 1370 g/mol. The van der Waals surface area contributed by atoms with Gasteiger partial charge in [0, 0.05) is 18.9 Å². The third-order valence-electron chi connectivity index (χ3n) is 15.2. The van der Waals surface area contributed by atoms with E-state index in [2.05, 4.69) is 45.7 Å². The van der Waals surface area contributed by atoms with Crippen LogP contribution in [0, 0.1) is 47.3 Å². The molecule has 0 aromatic rings. The normalized spacial score (nSPS) is 14.0. The third kappa shape index (κ3) is 47.7. The molecular weight excluding hydrogens is 1240 g/mol. The largest absolute Gasteiger partial charge is 0.465 e. The standard InChI is InChI=1S/C48H86N4O12.C24H42N2O6/c1-31(2)25-39(49-11)45(57)61-21-17-13-15-19-23-63-47(59)41(27-33(5)6)51-43(55)37(29-35(9)53)38(30-36(10)54)44(56)52-42(28-34(7)8)48(60)64-24-20-16-14-18-22-62-46(58)40(50-12)26-32(3)4;1-17(2)15-20(25-6)23(29)31-13-9-7-8-10-14-32-24(30)21(16-18(3)4)26-22(28)12-11-19(5)27/h31-34,37-42,49-50H,13-30H2,1-12H3,(H,51,55)(H,52,56);11-12,17-18,20-21,25H,7-10,13-16H2,1-6H3,(H,26,28)/b;12-11+. The number of allylic oxidation sites excluding steroid dienone is 1. The summed E-state index contributed by atoms with van der Waals surface area (Å²) in [4.78, 5) is 152. The molecule has 0 aliphatic carbocycles. The molecule has 24 heteroatoms. The van der Waals surface area contributed by atoms with Crippen LogP contribution in [0.25, 0.3) is 0 Å². The molecule has 0 spiro atoms. The molecule has 3 amide bonds. The maximum Gasteiger partial charge on any atom is 0.328 e. The fourth-order valence-electron chi connectivity index (χ4n) is 10.2. The molecule has 0 heterocycles. The molecule has 0 aliphatic heterocycles. The van der Waals surface area contributed by atoms with Crippen LogP contribution in [0.15, 0.2) is 12.2 Å². The molecule has 8 unspecified atom stereocenters. The molecule has 0 aliphatic rings. The number of rotatable bonds is 54. The topological polar surface area (TPSA) is 332 Å². The molecule has 0 rings (SSSR count). The first kappa shape index (κ1) is 91.9. The van der Waals surface area contributed by atoms with Crippen LogP contribution >= 0.6 is 0 Å². The summed E-state index contributed by atoms with van der Waals surface area (Å²) in [5.74, 6) is -7.00. The molecule has 554 valence electrons. The van der Waals surface area contributed by atoms with Crippen molar-refractivity contribution >= 4 is 70.9 Å². The van der Waals surface area contributed by atoms with E-state index in [1.165, 1.54) is 20.8 Å². The van der Waals surface area contributed by atoms with E-state index in [1.807, 2.05) is 69.2 Å². The minimum Gasteiger partial charge on any atom is -0.465 e. The van der Waals surface area contributed by atoms with E-state index in [1.54, 1.807) is 21.1 Å². The monoisotopic (exact) mass is 1360 g/mol. The van der Waals surface area contributed by atoms with E-state index in [-0.39, 0.29) is 105 Å². The van der Waals surface area contributed by atoms with Crippen LogP contribution in [0.4, 0.5) is 0 Å². The summed E-state index contributed by atoms with van der Waals surface area (Å²) in [5.41, 5.74) is 0. The van der Waals surface area contributed by atoms with Gasteiger partial charge in [-0.2, -0.15) is 0 Å². The maximum atomic E-state index is 14.0. The van der Waals surface area contributed by atoms with E-state index in [4.69, 9.17) is 28.4 Å². The Balaban J connectivity index is 0. The van der Waals surface area contributed by atoms with Gasteiger partial charge in [-0.1, -0.05) is 83.1 Å². The number of unbranched alkanes of at least 4 members (excludes halogenated alkanes) is 9. The Kier molecular flexibility index (Phi) is 52.5. The lowest BCUT2D eigenvalue weighted by Crippen LogP contribution is -2.51. The summed E-state index contributed by atoms with van der Waals surface area (Å²) >= 11 is 0. The van der Waals surface area contributed by atoms with E-state index >= 15 is 0 Å². The number of hydrogen-bond acceptors (Lipinski definition) is 21. The molecule has 0 saturated carbocycles. The molecule has 0 fully saturated rings. The van der Waals surface area contributed by atoms with Gasteiger partial charge < -0.3 is 69.9 Å². The van der Waals surface area contributed by atoms with Gasteiger partial charge in [-0.25, -0.2) is 14.4 Å². The Morgan fingerprint density at radius 1 is 0.292 bits per heavy atom. The molecule has 8 atom stereocenters. The lowest BCUT2D eigenvalue weighted by atomic mass is 9.82. The second kappa shape index (κ2) is 54.8. The van der Waals surface area contributed by atoms with Gasteiger partial charge in [-0.15, -0.1) is 0 Å². The van der Waals surface area contributed by atoms with Crippen molar-refractivity contribution < 1.29 is 86.0 Å². The zero-order valence-corrected chi connectivity index (χ0v) is 62.0.